The van der Waals surface area contributed by atoms with Gasteiger partial charge in [-0.3, -0.25) is 9.59 Å². The Morgan fingerprint density at radius 3 is 2.58 bits per heavy atom. The number of nitrogens with zero attached hydrogens (tertiary/aromatic N) is 2. The first-order valence-electron chi connectivity index (χ1n) is 9.61. The molecule has 5 heteroatoms. The second-order valence-electron chi connectivity index (χ2n) is 8.12. The molecule has 2 aliphatic heterocycles. The summed E-state index contributed by atoms with van der Waals surface area (Å²) in [7, 11) is 0. The average molecular weight is 358 g/mol. The van der Waals surface area contributed by atoms with Crippen LogP contribution in [0.5, 0.6) is 0 Å². The Hall–Kier alpha value is -1.88. The fourth-order valence-corrected chi connectivity index (χ4v) is 4.50. The molecule has 0 radical (unpaired) electrons. The zero-order valence-corrected chi connectivity index (χ0v) is 16.2. The molecule has 1 unspecified atom stereocenters. The topological polar surface area (TPSA) is 60.9 Å². The van der Waals surface area contributed by atoms with Gasteiger partial charge in [0.15, 0.2) is 0 Å². The quantitative estimate of drug-likeness (QED) is 0.903. The summed E-state index contributed by atoms with van der Waals surface area (Å²) in [4.78, 5) is 29.0. The zero-order valence-electron chi connectivity index (χ0n) is 16.2. The summed E-state index contributed by atoms with van der Waals surface area (Å²) in [6.45, 7) is 8.64. The molecule has 1 atom stereocenters. The van der Waals surface area contributed by atoms with Crippen LogP contribution in [0, 0.1) is 26.2 Å². The molecule has 26 heavy (non-hydrogen) atoms. The number of benzene rings is 1. The second-order valence-corrected chi connectivity index (χ2v) is 8.12. The molecule has 5 nitrogen and oxygen atoms in total. The second kappa shape index (κ2) is 7.39. The van der Waals surface area contributed by atoms with Crippen LogP contribution < -0.4 is 0 Å². The Kier molecular flexibility index (Phi) is 5.37. The van der Waals surface area contributed by atoms with Crippen LogP contribution in [0.3, 0.4) is 0 Å². The van der Waals surface area contributed by atoms with Crippen LogP contribution in [-0.4, -0.2) is 59.5 Å². The lowest BCUT2D eigenvalue weighted by molar-refractivity contribution is -0.139. The Labute approximate surface area is 156 Å². The van der Waals surface area contributed by atoms with Gasteiger partial charge in [-0.15, -0.1) is 0 Å². The molecule has 1 spiro atoms. The fourth-order valence-electron chi connectivity index (χ4n) is 4.50. The third-order valence-electron chi connectivity index (χ3n) is 6.14. The first-order valence-corrected chi connectivity index (χ1v) is 9.61. The third-order valence-corrected chi connectivity index (χ3v) is 6.14. The van der Waals surface area contributed by atoms with Gasteiger partial charge in [-0.2, -0.15) is 0 Å². The minimum absolute atomic E-state index is 0.00764. The molecule has 0 bridgehead atoms. The van der Waals surface area contributed by atoms with Crippen LogP contribution in [0.1, 0.15) is 52.7 Å². The predicted molar refractivity (Wildman–Crippen MR) is 101 cm³/mol. The Morgan fingerprint density at radius 1 is 1.12 bits per heavy atom. The van der Waals surface area contributed by atoms with Gasteiger partial charge < -0.3 is 14.9 Å². The van der Waals surface area contributed by atoms with Gasteiger partial charge >= 0.3 is 0 Å². The van der Waals surface area contributed by atoms with Gasteiger partial charge in [0.1, 0.15) is 0 Å². The highest BCUT2D eigenvalue weighted by Crippen LogP contribution is 2.39. The van der Waals surface area contributed by atoms with E-state index in [4.69, 9.17) is 0 Å². The molecular formula is C21H30N2O3. The maximum absolute atomic E-state index is 13.2. The van der Waals surface area contributed by atoms with Gasteiger partial charge in [0, 0.05) is 43.6 Å². The molecule has 2 heterocycles. The summed E-state index contributed by atoms with van der Waals surface area (Å²) in [6, 6.07) is 4.10. The van der Waals surface area contributed by atoms with Gasteiger partial charge in [0.2, 0.25) is 5.91 Å². The van der Waals surface area contributed by atoms with E-state index in [1.54, 1.807) is 4.90 Å². The summed E-state index contributed by atoms with van der Waals surface area (Å²) in [5.41, 5.74) is 4.15. The lowest BCUT2D eigenvalue weighted by Gasteiger charge is -2.48. The van der Waals surface area contributed by atoms with Crippen molar-refractivity contribution in [1.82, 2.24) is 9.80 Å². The summed E-state index contributed by atoms with van der Waals surface area (Å²) in [6.07, 6.45) is 3.36. The first-order chi connectivity index (χ1) is 12.3. The van der Waals surface area contributed by atoms with Crippen molar-refractivity contribution in [3.63, 3.8) is 0 Å². The number of rotatable bonds is 3. The zero-order chi connectivity index (χ0) is 18.9. The third kappa shape index (κ3) is 3.63. The summed E-state index contributed by atoms with van der Waals surface area (Å²) in [5, 5.41) is 9.23. The van der Waals surface area contributed by atoms with Gasteiger partial charge in [-0.25, -0.2) is 0 Å². The van der Waals surface area contributed by atoms with Gasteiger partial charge in [0.05, 0.1) is 6.61 Å². The first kappa shape index (κ1) is 18.9. The molecule has 2 saturated heterocycles. The molecule has 1 aromatic rings. The van der Waals surface area contributed by atoms with E-state index in [0.717, 1.165) is 42.5 Å². The normalized spacial score (nSPS) is 23.6. The number of aliphatic hydroxyl groups excluding tert-OH is 1. The SMILES string of the molecule is Cc1cc(C)c(C(=O)N2CCCC3(CCC(=O)N(CCO)C3)C2)cc1C. The van der Waals surface area contributed by atoms with E-state index in [2.05, 4.69) is 13.0 Å². The molecule has 0 aromatic heterocycles. The molecular weight excluding hydrogens is 328 g/mol. The number of aliphatic hydroxyl groups is 1. The molecule has 142 valence electrons. The van der Waals surface area contributed by atoms with Crippen molar-refractivity contribution in [2.75, 3.05) is 32.8 Å². The molecule has 2 fully saturated rings. The van der Waals surface area contributed by atoms with Crippen molar-refractivity contribution >= 4 is 11.8 Å². The largest absolute Gasteiger partial charge is 0.395 e. The molecule has 3 rings (SSSR count). The maximum Gasteiger partial charge on any atom is 0.254 e. The van der Waals surface area contributed by atoms with Crippen LogP contribution in [0.4, 0.5) is 0 Å². The number of hydrogen-bond donors (Lipinski definition) is 1. The number of likely N-dealkylation sites (tertiary alicyclic amines) is 2. The van der Waals surface area contributed by atoms with Crippen molar-refractivity contribution in [3.05, 3.63) is 34.4 Å². The van der Waals surface area contributed by atoms with E-state index in [1.807, 2.05) is 24.8 Å². The van der Waals surface area contributed by atoms with Gasteiger partial charge in [-0.05, 0) is 62.8 Å². The number of amides is 2. The molecule has 1 N–H and O–H groups in total. The highest BCUT2D eigenvalue weighted by Gasteiger charge is 2.42. The number of β-amino-alcohol motifs (C(OH)–C–C–N with tert-alkyl or cyclic N) is 1. The lowest BCUT2D eigenvalue weighted by atomic mass is 9.73. The standard InChI is InChI=1S/C21H30N2O3/c1-15-11-17(3)18(12-16(15)2)20(26)23-8-4-6-21(14-23)7-5-19(25)22(13-21)9-10-24/h11-12,24H,4-10,13-14H2,1-3H3. The van der Waals surface area contributed by atoms with Gasteiger partial charge in [0.25, 0.3) is 5.91 Å². The van der Waals surface area contributed by atoms with E-state index >= 15 is 0 Å². The van der Waals surface area contributed by atoms with Crippen LogP contribution in [0.2, 0.25) is 0 Å². The van der Waals surface area contributed by atoms with Crippen molar-refractivity contribution in [3.8, 4) is 0 Å². The van der Waals surface area contributed by atoms with Crippen LogP contribution >= 0.6 is 0 Å². The van der Waals surface area contributed by atoms with E-state index in [0.29, 0.717) is 26.1 Å². The average Bonchev–Trinajstić information content (AvgIpc) is 2.61. The number of carbonyl (C=O) groups is 2. The number of aryl methyl sites for hydroxylation is 3. The summed E-state index contributed by atoms with van der Waals surface area (Å²) < 4.78 is 0. The number of carbonyl (C=O) groups excluding carboxylic acids is 2. The Balaban J connectivity index is 1.79. The van der Waals surface area contributed by atoms with E-state index < -0.39 is 0 Å². The van der Waals surface area contributed by atoms with Crippen molar-refractivity contribution in [2.24, 2.45) is 5.41 Å². The van der Waals surface area contributed by atoms with E-state index in [9.17, 15) is 14.7 Å². The molecule has 0 saturated carbocycles. The van der Waals surface area contributed by atoms with Crippen LogP contribution in [-0.2, 0) is 4.79 Å². The van der Waals surface area contributed by atoms with Crippen molar-refractivity contribution in [1.29, 1.82) is 0 Å². The molecule has 0 aliphatic carbocycles. The van der Waals surface area contributed by atoms with Crippen LogP contribution in [0.15, 0.2) is 12.1 Å². The molecule has 1 aromatic carbocycles. The summed E-state index contributed by atoms with van der Waals surface area (Å²) in [5.74, 6) is 0.230. The highest BCUT2D eigenvalue weighted by molar-refractivity contribution is 5.96. The van der Waals surface area contributed by atoms with E-state index in [1.165, 1.54) is 5.56 Å². The molecule has 2 aliphatic rings. The Morgan fingerprint density at radius 2 is 1.85 bits per heavy atom. The van der Waals surface area contributed by atoms with Crippen molar-refractivity contribution < 1.29 is 14.7 Å². The van der Waals surface area contributed by atoms with Gasteiger partial charge in [-0.1, -0.05) is 6.07 Å². The smallest absolute Gasteiger partial charge is 0.254 e. The fraction of sp³-hybridized carbons (Fsp3) is 0.619. The lowest BCUT2D eigenvalue weighted by Crippen LogP contribution is -2.55. The predicted octanol–water partition coefficient (Wildman–Crippen LogP) is 2.45. The number of piperidine rings is 2. The number of hydrogen-bond acceptors (Lipinski definition) is 3. The minimum atomic E-state index is -0.0232. The Bertz CT molecular complexity index is 715. The maximum atomic E-state index is 13.2. The minimum Gasteiger partial charge on any atom is -0.395 e. The summed E-state index contributed by atoms with van der Waals surface area (Å²) >= 11 is 0. The molecule has 2 amide bonds. The van der Waals surface area contributed by atoms with E-state index in [-0.39, 0.29) is 23.8 Å². The van der Waals surface area contributed by atoms with Crippen LogP contribution in [0.25, 0.3) is 0 Å². The van der Waals surface area contributed by atoms with Crippen molar-refractivity contribution in [2.45, 2.75) is 46.5 Å². The highest BCUT2D eigenvalue weighted by atomic mass is 16.3. The monoisotopic (exact) mass is 358 g/mol.